The second-order valence-electron chi connectivity index (χ2n) is 5.92. The van der Waals surface area contributed by atoms with Gasteiger partial charge in [0.2, 0.25) is 0 Å². The molecule has 1 aliphatic rings. The molecule has 0 radical (unpaired) electrons. The third-order valence-electron chi connectivity index (χ3n) is 4.50. The van der Waals surface area contributed by atoms with E-state index in [4.69, 9.17) is 5.73 Å². The van der Waals surface area contributed by atoms with E-state index in [-0.39, 0.29) is 5.82 Å². The van der Waals surface area contributed by atoms with Gasteiger partial charge >= 0.3 is 0 Å². The van der Waals surface area contributed by atoms with Crippen molar-refractivity contribution in [2.75, 3.05) is 18.8 Å². The molecule has 1 saturated heterocycles. The molecule has 0 amide bonds. The highest BCUT2D eigenvalue weighted by Gasteiger charge is 2.23. The monoisotopic (exact) mass is 311 g/mol. The molecule has 3 heterocycles. The van der Waals surface area contributed by atoms with E-state index in [0.717, 1.165) is 48.3 Å². The Morgan fingerprint density at radius 1 is 1.22 bits per heavy atom. The normalized spacial score (nSPS) is 16.0. The summed E-state index contributed by atoms with van der Waals surface area (Å²) in [6.45, 7) is 1.99. The van der Waals surface area contributed by atoms with Gasteiger partial charge < -0.3 is 11.1 Å². The van der Waals surface area contributed by atoms with Gasteiger partial charge in [-0.05, 0) is 49.7 Å². The Morgan fingerprint density at radius 2 is 2.04 bits per heavy atom. The molecule has 3 aromatic rings. The lowest BCUT2D eigenvalue weighted by molar-refractivity contribution is 0.448. The van der Waals surface area contributed by atoms with E-state index in [1.54, 1.807) is 6.07 Å². The molecule has 0 saturated carbocycles. The number of nitrogen functional groups attached to an aromatic ring is 1. The number of hydrogen-bond donors (Lipinski definition) is 2. The van der Waals surface area contributed by atoms with Gasteiger partial charge in [0.1, 0.15) is 17.7 Å². The van der Waals surface area contributed by atoms with Crippen LogP contribution in [0, 0.1) is 5.82 Å². The standard InChI is InChI=1S/C17H18FN5/c18-13-3-1-2-12(8-13)14-9-15(11-4-6-20-7-5-11)23-16(14)17(19)21-10-22-23/h1-3,8-11,20H,4-7H2,(H2,19,21,22). The van der Waals surface area contributed by atoms with E-state index in [9.17, 15) is 4.39 Å². The molecule has 23 heavy (non-hydrogen) atoms. The van der Waals surface area contributed by atoms with E-state index in [2.05, 4.69) is 21.5 Å². The van der Waals surface area contributed by atoms with Crippen LogP contribution in [0.15, 0.2) is 36.7 Å². The second kappa shape index (κ2) is 5.62. The first-order valence-corrected chi connectivity index (χ1v) is 7.83. The summed E-state index contributed by atoms with van der Waals surface area (Å²) >= 11 is 0. The van der Waals surface area contributed by atoms with Crippen LogP contribution in [-0.4, -0.2) is 27.7 Å². The van der Waals surface area contributed by atoms with Crippen molar-refractivity contribution in [3.8, 4) is 11.1 Å². The van der Waals surface area contributed by atoms with Gasteiger partial charge in [-0.1, -0.05) is 12.1 Å². The topological polar surface area (TPSA) is 68.2 Å². The van der Waals surface area contributed by atoms with Crippen LogP contribution < -0.4 is 11.1 Å². The molecule has 1 fully saturated rings. The summed E-state index contributed by atoms with van der Waals surface area (Å²) in [5.41, 5.74) is 9.65. The number of fused-ring (bicyclic) bond motifs is 1. The second-order valence-corrected chi connectivity index (χ2v) is 5.92. The number of nitrogens with two attached hydrogens (primary N) is 1. The zero-order chi connectivity index (χ0) is 15.8. The maximum absolute atomic E-state index is 13.6. The lowest BCUT2D eigenvalue weighted by Gasteiger charge is -2.22. The van der Waals surface area contributed by atoms with Crippen LogP contribution in [0.25, 0.3) is 16.6 Å². The fourth-order valence-electron chi connectivity index (χ4n) is 3.38. The molecule has 5 nitrogen and oxygen atoms in total. The summed E-state index contributed by atoms with van der Waals surface area (Å²) < 4.78 is 15.5. The minimum absolute atomic E-state index is 0.263. The molecule has 1 aromatic carbocycles. The molecule has 4 rings (SSSR count). The Bertz CT molecular complexity index is 851. The molecular weight excluding hydrogens is 293 g/mol. The Kier molecular flexibility index (Phi) is 3.46. The van der Waals surface area contributed by atoms with Crippen molar-refractivity contribution in [2.24, 2.45) is 0 Å². The molecular formula is C17H18FN5. The highest BCUT2D eigenvalue weighted by Crippen LogP contribution is 2.35. The van der Waals surface area contributed by atoms with Crippen LogP contribution in [0.1, 0.15) is 24.5 Å². The first kappa shape index (κ1) is 14.1. The number of hydrogen-bond acceptors (Lipinski definition) is 4. The molecule has 0 spiro atoms. The Labute approximate surface area is 133 Å². The van der Waals surface area contributed by atoms with Crippen LogP contribution in [0.3, 0.4) is 0 Å². The number of anilines is 1. The minimum Gasteiger partial charge on any atom is -0.382 e. The zero-order valence-electron chi connectivity index (χ0n) is 12.7. The Hall–Kier alpha value is -2.47. The predicted octanol–water partition coefficient (Wildman–Crippen LogP) is 2.58. The summed E-state index contributed by atoms with van der Waals surface area (Å²) in [5.74, 6) is 0.570. The summed E-state index contributed by atoms with van der Waals surface area (Å²) in [4.78, 5) is 4.11. The number of benzene rings is 1. The average molecular weight is 311 g/mol. The highest BCUT2D eigenvalue weighted by atomic mass is 19.1. The van der Waals surface area contributed by atoms with Gasteiger partial charge in [0.15, 0.2) is 5.82 Å². The van der Waals surface area contributed by atoms with Crippen LogP contribution in [0.4, 0.5) is 10.2 Å². The number of nitrogens with zero attached hydrogens (tertiary/aromatic N) is 3. The largest absolute Gasteiger partial charge is 0.382 e. The highest BCUT2D eigenvalue weighted by molar-refractivity contribution is 5.88. The molecule has 0 aliphatic carbocycles. The number of rotatable bonds is 2. The molecule has 118 valence electrons. The third kappa shape index (κ3) is 2.45. The van der Waals surface area contributed by atoms with Gasteiger partial charge in [0, 0.05) is 17.2 Å². The predicted molar refractivity (Wildman–Crippen MR) is 87.6 cm³/mol. The molecule has 1 aliphatic heterocycles. The van der Waals surface area contributed by atoms with Crippen LogP contribution in [0.5, 0.6) is 0 Å². The van der Waals surface area contributed by atoms with Crippen molar-refractivity contribution in [3.63, 3.8) is 0 Å². The fraction of sp³-hybridized carbons (Fsp3) is 0.294. The van der Waals surface area contributed by atoms with Gasteiger partial charge in [0.25, 0.3) is 0 Å². The van der Waals surface area contributed by atoms with Crippen LogP contribution >= 0.6 is 0 Å². The van der Waals surface area contributed by atoms with Crippen molar-refractivity contribution in [2.45, 2.75) is 18.8 Å². The number of piperidine rings is 1. The van der Waals surface area contributed by atoms with E-state index >= 15 is 0 Å². The average Bonchev–Trinajstić information content (AvgIpc) is 2.97. The first-order valence-electron chi connectivity index (χ1n) is 7.83. The molecule has 0 unspecified atom stereocenters. The summed E-state index contributed by atoms with van der Waals surface area (Å²) in [6.07, 6.45) is 3.58. The minimum atomic E-state index is -0.263. The summed E-state index contributed by atoms with van der Waals surface area (Å²) in [5, 5.41) is 7.77. The smallest absolute Gasteiger partial charge is 0.151 e. The SMILES string of the molecule is Nc1ncnn2c(C3CCNCC3)cc(-c3cccc(F)c3)c12. The van der Waals surface area contributed by atoms with E-state index < -0.39 is 0 Å². The van der Waals surface area contributed by atoms with Gasteiger partial charge in [-0.3, -0.25) is 0 Å². The first-order chi connectivity index (χ1) is 11.2. The Morgan fingerprint density at radius 3 is 2.83 bits per heavy atom. The van der Waals surface area contributed by atoms with Gasteiger partial charge in [-0.2, -0.15) is 5.10 Å². The Balaban J connectivity index is 1.94. The molecule has 6 heteroatoms. The molecule has 3 N–H and O–H groups in total. The number of nitrogens with one attached hydrogen (secondary N) is 1. The van der Waals surface area contributed by atoms with E-state index in [1.807, 2.05) is 10.6 Å². The summed E-state index contributed by atoms with van der Waals surface area (Å²) in [6, 6.07) is 8.64. The zero-order valence-corrected chi connectivity index (χ0v) is 12.7. The van der Waals surface area contributed by atoms with Crippen LogP contribution in [0.2, 0.25) is 0 Å². The lowest BCUT2D eigenvalue weighted by Crippen LogP contribution is -2.27. The molecule has 2 aromatic heterocycles. The lowest BCUT2D eigenvalue weighted by atomic mass is 9.94. The molecule has 0 bridgehead atoms. The van der Waals surface area contributed by atoms with Crippen molar-refractivity contribution < 1.29 is 4.39 Å². The maximum Gasteiger partial charge on any atom is 0.151 e. The van der Waals surface area contributed by atoms with E-state index in [1.165, 1.54) is 18.5 Å². The third-order valence-corrected chi connectivity index (χ3v) is 4.50. The van der Waals surface area contributed by atoms with Crippen molar-refractivity contribution >= 4 is 11.3 Å². The number of aromatic nitrogens is 3. The van der Waals surface area contributed by atoms with Crippen molar-refractivity contribution in [3.05, 3.63) is 48.2 Å². The maximum atomic E-state index is 13.6. The van der Waals surface area contributed by atoms with Crippen molar-refractivity contribution in [1.29, 1.82) is 0 Å². The fourth-order valence-corrected chi connectivity index (χ4v) is 3.38. The van der Waals surface area contributed by atoms with E-state index in [0.29, 0.717) is 11.7 Å². The number of halogens is 1. The van der Waals surface area contributed by atoms with Gasteiger partial charge in [-0.15, -0.1) is 0 Å². The van der Waals surface area contributed by atoms with Crippen LogP contribution in [-0.2, 0) is 0 Å². The van der Waals surface area contributed by atoms with Gasteiger partial charge in [-0.25, -0.2) is 13.9 Å². The summed E-state index contributed by atoms with van der Waals surface area (Å²) in [7, 11) is 0. The molecule has 0 atom stereocenters. The van der Waals surface area contributed by atoms with Crippen molar-refractivity contribution in [1.82, 2.24) is 19.9 Å². The van der Waals surface area contributed by atoms with Gasteiger partial charge in [0.05, 0.1) is 0 Å². The quantitative estimate of drug-likeness (QED) is 0.763.